The predicted octanol–water partition coefficient (Wildman–Crippen LogP) is 4.47. The molecule has 2 amide bonds. The third-order valence-corrected chi connectivity index (χ3v) is 6.78. The van der Waals surface area contributed by atoms with Crippen LogP contribution in [0.1, 0.15) is 74.6 Å². The third-order valence-electron chi connectivity index (χ3n) is 6.78. The number of nitrogens with one attached hydrogen (secondary N) is 1. The molecule has 0 bridgehead atoms. The molecule has 1 heterocycles. The van der Waals surface area contributed by atoms with Gasteiger partial charge in [-0.3, -0.25) is 9.59 Å². The molecule has 1 aliphatic heterocycles. The standard InChI is InChI=1S/C24H32N2O2/c27-23(25-16-15-18-9-3-1-4-10-18)22-17-20-13-7-8-14-21(20)26(22)24(28)19-11-5-2-6-12-19/h2,5-6,9,11-12,20-22H,1,3-4,7-8,10,13-17H2,(H,25,27)/t20-,21-,22-/m0/s1. The van der Waals surface area contributed by atoms with Crippen LogP contribution < -0.4 is 5.32 Å². The fraction of sp³-hybridized carbons (Fsp3) is 0.583. The van der Waals surface area contributed by atoms with Crippen molar-refractivity contribution in [2.24, 2.45) is 5.92 Å². The van der Waals surface area contributed by atoms with E-state index in [4.69, 9.17) is 0 Å². The van der Waals surface area contributed by atoms with Gasteiger partial charge in [0.2, 0.25) is 5.91 Å². The highest BCUT2D eigenvalue weighted by atomic mass is 16.2. The van der Waals surface area contributed by atoms with Crippen LogP contribution in [0.2, 0.25) is 0 Å². The van der Waals surface area contributed by atoms with Crippen LogP contribution in [-0.2, 0) is 4.79 Å². The molecule has 2 aliphatic carbocycles. The summed E-state index contributed by atoms with van der Waals surface area (Å²) < 4.78 is 0. The number of carbonyl (C=O) groups is 2. The van der Waals surface area contributed by atoms with Crippen LogP contribution in [0.5, 0.6) is 0 Å². The van der Waals surface area contributed by atoms with Crippen LogP contribution in [0, 0.1) is 5.92 Å². The lowest BCUT2D eigenvalue weighted by atomic mass is 9.84. The van der Waals surface area contributed by atoms with Crippen LogP contribution in [0.3, 0.4) is 0 Å². The first-order valence-electron chi connectivity index (χ1n) is 11.1. The number of benzene rings is 1. The molecule has 2 fully saturated rings. The molecule has 4 heteroatoms. The Morgan fingerprint density at radius 1 is 1.04 bits per heavy atom. The summed E-state index contributed by atoms with van der Waals surface area (Å²) in [5.41, 5.74) is 2.17. The second kappa shape index (κ2) is 8.93. The number of fused-ring (bicyclic) bond motifs is 1. The van der Waals surface area contributed by atoms with Crippen LogP contribution in [-0.4, -0.2) is 35.3 Å². The summed E-state index contributed by atoms with van der Waals surface area (Å²) in [6, 6.07) is 9.35. The average Bonchev–Trinajstić information content (AvgIpc) is 3.14. The molecular weight excluding hydrogens is 348 g/mol. The topological polar surface area (TPSA) is 49.4 Å². The van der Waals surface area contributed by atoms with Crippen molar-refractivity contribution in [1.82, 2.24) is 10.2 Å². The van der Waals surface area contributed by atoms with Crippen molar-refractivity contribution in [3.05, 3.63) is 47.5 Å². The van der Waals surface area contributed by atoms with Crippen molar-refractivity contribution >= 4 is 11.8 Å². The van der Waals surface area contributed by atoms with E-state index in [0.29, 0.717) is 18.0 Å². The minimum Gasteiger partial charge on any atom is -0.354 e. The molecule has 0 spiro atoms. The number of nitrogens with zero attached hydrogens (tertiary/aromatic N) is 1. The Morgan fingerprint density at radius 3 is 2.64 bits per heavy atom. The normalized spacial score (nSPS) is 27.1. The molecule has 1 aromatic carbocycles. The van der Waals surface area contributed by atoms with Gasteiger partial charge in [-0.25, -0.2) is 0 Å². The van der Waals surface area contributed by atoms with Gasteiger partial charge in [-0.15, -0.1) is 0 Å². The van der Waals surface area contributed by atoms with E-state index in [2.05, 4.69) is 11.4 Å². The zero-order valence-electron chi connectivity index (χ0n) is 16.7. The van der Waals surface area contributed by atoms with Gasteiger partial charge in [0.15, 0.2) is 0 Å². The van der Waals surface area contributed by atoms with E-state index in [-0.39, 0.29) is 23.9 Å². The van der Waals surface area contributed by atoms with E-state index >= 15 is 0 Å². The maximum absolute atomic E-state index is 13.3. The Labute approximate surface area is 168 Å². The molecule has 1 saturated carbocycles. The molecule has 150 valence electrons. The minimum absolute atomic E-state index is 0.0186. The molecule has 4 rings (SSSR count). The predicted molar refractivity (Wildman–Crippen MR) is 111 cm³/mol. The van der Waals surface area contributed by atoms with Crippen LogP contribution in [0.25, 0.3) is 0 Å². The quantitative estimate of drug-likeness (QED) is 0.767. The van der Waals surface area contributed by atoms with E-state index < -0.39 is 0 Å². The van der Waals surface area contributed by atoms with Gasteiger partial charge in [0.25, 0.3) is 5.91 Å². The lowest BCUT2D eigenvalue weighted by molar-refractivity contribution is -0.125. The Bertz CT molecular complexity index is 727. The number of amides is 2. The van der Waals surface area contributed by atoms with E-state index in [1.807, 2.05) is 35.2 Å². The molecule has 28 heavy (non-hydrogen) atoms. The summed E-state index contributed by atoms with van der Waals surface area (Å²) in [5, 5.41) is 3.14. The maximum Gasteiger partial charge on any atom is 0.254 e. The molecule has 0 unspecified atom stereocenters. The van der Waals surface area contributed by atoms with Crippen molar-refractivity contribution in [3.8, 4) is 0 Å². The highest BCUT2D eigenvalue weighted by Gasteiger charge is 2.47. The lowest BCUT2D eigenvalue weighted by Crippen LogP contribution is -2.49. The summed E-state index contributed by atoms with van der Waals surface area (Å²) in [6.07, 6.45) is 13.5. The number of likely N-dealkylation sites (tertiary alicyclic amines) is 1. The van der Waals surface area contributed by atoms with Crippen molar-refractivity contribution in [2.45, 2.75) is 76.3 Å². The fourth-order valence-electron chi connectivity index (χ4n) is 5.31. The van der Waals surface area contributed by atoms with Gasteiger partial charge in [-0.05, 0) is 69.4 Å². The van der Waals surface area contributed by atoms with Gasteiger partial charge >= 0.3 is 0 Å². The van der Waals surface area contributed by atoms with Gasteiger partial charge in [0.1, 0.15) is 6.04 Å². The van der Waals surface area contributed by atoms with Crippen molar-refractivity contribution < 1.29 is 9.59 Å². The molecule has 4 nitrogen and oxygen atoms in total. The molecule has 1 saturated heterocycles. The van der Waals surface area contributed by atoms with Gasteiger partial charge in [-0.1, -0.05) is 42.7 Å². The number of hydrogen-bond acceptors (Lipinski definition) is 2. The number of hydrogen-bond donors (Lipinski definition) is 1. The Kier molecular flexibility index (Phi) is 6.13. The third kappa shape index (κ3) is 4.16. The second-order valence-corrected chi connectivity index (χ2v) is 8.59. The van der Waals surface area contributed by atoms with E-state index in [1.165, 1.54) is 37.7 Å². The number of carbonyl (C=O) groups excluding carboxylic acids is 2. The van der Waals surface area contributed by atoms with Gasteiger partial charge in [0.05, 0.1) is 0 Å². The fourth-order valence-corrected chi connectivity index (χ4v) is 5.31. The molecule has 0 aromatic heterocycles. The second-order valence-electron chi connectivity index (χ2n) is 8.59. The van der Waals surface area contributed by atoms with E-state index in [9.17, 15) is 9.59 Å². The summed E-state index contributed by atoms with van der Waals surface area (Å²) >= 11 is 0. The summed E-state index contributed by atoms with van der Waals surface area (Å²) in [4.78, 5) is 28.3. The Morgan fingerprint density at radius 2 is 1.86 bits per heavy atom. The Hall–Kier alpha value is -2.10. The highest BCUT2D eigenvalue weighted by molar-refractivity contribution is 5.98. The van der Waals surface area contributed by atoms with Crippen molar-refractivity contribution in [2.75, 3.05) is 6.54 Å². The zero-order valence-corrected chi connectivity index (χ0v) is 16.7. The number of rotatable bonds is 5. The number of allylic oxidation sites excluding steroid dienone is 1. The monoisotopic (exact) mass is 380 g/mol. The molecule has 0 radical (unpaired) electrons. The first kappa shape index (κ1) is 19.2. The highest BCUT2D eigenvalue weighted by Crippen LogP contribution is 2.40. The summed E-state index contributed by atoms with van der Waals surface area (Å²) in [5.74, 6) is 0.526. The SMILES string of the molecule is O=C(NCCC1=CCCCC1)[C@@H]1C[C@@H]2CCCC[C@@H]2N1C(=O)c1ccccc1. The van der Waals surface area contributed by atoms with Crippen molar-refractivity contribution in [3.63, 3.8) is 0 Å². The molecular formula is C24H32N2O2. The van der Waals surface area contributed by atoms with Crippen LogP contribution >= 0.6 is 0 Å². The van der Waals surface area contributed by atoms with E-state index in [0.717, 1.165) is 32.1 Å². The van der Waals surface area contributed by atoms with E-state index in [1.54, 1.807) is 0 Å². The molecule has 3 aliphatic rings. The van der Waals surface area contributed by atoms with Crippen molar-refractivity contribution in [1.29, 1.82) is 0 Å². The largest absolute Gasteiger partial charge is 0.354 e. The average molecular weight is 381 g/mol. The first-order valence-corrected chi connectivity index (χ1v) is 11.1. The molecule has 1 aromatic rings. The Balaban J connectivity index is 1.44. The summed E-state index contributed by atoms with van der Waals surface area (Å²) in [7, 11) is 0. The van der Waals surface area contributed by atoms with Crippen LogP contribution in [0.4, 0.5) is 0 Å². The summed E-state index contributed by atoms with van der Waals surface area (Å²) in [6.45, 7) is 0.684. The van der Waals surface area contributed by atoms with Gasteiger partial charge in [0, 0.05) is 18.2 Å². The molecule has 3 atom stereocenters. The lowest BCUT2D eigenvalue weighted by Gasteiger charge is -2.33. The first-order chi connectivity index (χ1) is 13.7. The maximum atomic E-state index is 13.3. The zero-order chi connectivity index (χ0) is 19.3. The smallest absolute Gasteiger partial charge is 0.254 e. The van der Waals surface area contributed by atoms with Gasteiger partial charge < -0.3 is 10.2 Å². The molecule has 1 N–H and O–H groups in total. The van der Waals surface area contributed by atoms with Crippen LogP contribution in [0.15, 0.2) is 42.0 Å². The minimum atomic E-state index is -0.318. The van der Waals surface area contributed by atoms with Gasteiger partial charge in [-0.2, -0.15) is 0 Å².